The summed E-state index contributed by atoms with van der Waals surface area (Å²) in [5.74, 6) is 0.918. The summed E-state index contributed by atoms with van der Waals surface area (Å²) in [6, 6.07) is 11.2. The molecular formula is C15H16BrN3O2. The Morgan fingerprint density at radius 3 is 2.90 bits per heavy atom. The Bertz CT molecular complexity index is 602. The van der Waals surface area contributed by atoms with Gasteiger partial charge in [-0.1, -0.05) is 12.1 Å². The Labute approximate surface area is 131 Å². The number of benzene rings is 1. The molecule has 0 saturated heterocycles. The number of nitrogens with one attached hydrogen (secondary N) is 2. The average Bonchev–Trinajstić information content (AvgIpc) is 2.48. The van der Waals surface area contributed by atoms with Gasteiger partial charge in [-0.15, -0.1) is 0 Å². The van der Waals surface area contributed by atoms with E-state index in [0.717, 1.165) is 16.6 Å². The number of hydrogen-bond donors (Lipinski definition) is 2. The molecule has 2 N–H and O–H groups in total. The monoisotopic (exact) mass is 349 g/mol. The van der Waals surface area contributed by atoms with E-state index in [1.54, 1.807) is 12.3 Å². The van der Waals surface area contributed by atoms with Crippen LogP contribution in [0.5, 0.6) is 5.75 Å². The molecule has 1 heterocycles. The summed E-state index contributed by atoms with van der Waals surface area (Å²) in [6.07, 6.45) is 1.62. The van der Waals surface area contributed by atoms with Crippen LogP contribution in [0.2, 0.25) is 0 Å². The largest absolute Gasteiger partial charge is 0.484 e. The zero-order chi connectivity index (χ0) is 15.1. The highest BCUT2D eigenvalue weighted by Crippen LogP contribution is 2.14. The fourth-order valence-corrected chi connectivity index (χ4v) is 1.96. The molecule has 6 heteroatoms. The van der Waals surface area contributed by atoms with Crippen LogP contribution in [0.3, 0.4) is 0 Å². The van der Waals surface area contributed by atoms with E-state index in [1.165, 1.54) is 0 Å². The van der Waals surface area contributed by atoms with Crippen LogP contribution >= 0.6 is 15.9 Å². The summed E-state index contributed by atoms with van der Waals surface area (Å²) in [4.78, 5) is 15.9. The maximum absolute atomic E-state index is 11.8. The van der Waals surface area contributed by atoms with Crippen molar-refractivity contribution in [3.8, 4) is 5.75 Å². The van der Waals surface area contributed by atoms with Crippen LogP contribution in [0, 0.1) is 0 Å². The van der Waals surface area contributed by atoms with E-state index in [1.807, 2.05) is 37.4 Å². The van der Waals surface area contributed by atoms with E-state index in [2.05, 4.69) is 31.5 Å². The maximum atomic E-state index is 11.8. The number of ether oxygens (including phenoxy) is 1. The minimum absolute atomic E-state index is 0.0548. The molecule has 0 aliphatic heterocycles. The topological polar surface area (TPSA) is 63.2 Å². The third kappa shape index (κ3) is 5.17. The molecule has 0 bridgehead atoms. The van der Waals surface area contributed by atoms with Crippen molar-refractivity contribution in [1.82, 2.24) is 10.3 Å². The molecule has 0 fully saturated rings. The van der Waals surface area contributed by atoms with E-state index < -0.39 is 0 Å². The summed E-state index contributed by atoms with van der Waals surface area (Å²) in [5.41, 5.74) is 1.10. The van der Waals surface area contributed by atoms with Gasteiger partial charge in [0.05, 0.1) is 0 Å². The molecule has 1 amide bonds. The number of anilines is 1. The Morgan fingerprint density at radius 1 is 1.33 bits per heavy atom. The third-order valence-corrected chi connectivity index (χ3v) is 3.11. The van der Waals surface area contributed by atoms with E-state index in [0.29, 0.717) is 11.6 Å². The van der Waals surface area contributed by atoms with Gasteiger partial charge in [-0.05, 0) is 52.8 Å². The number of amides is 1. The molecule has 21 heavy (non-hydrogen) atoms. The molecule has 5 nitrogen and oxygen atoms in total. The number of pyridine rings is 1. The Balaban J connectivity index is 1.86. The molecule has 0 radical (unpaired) electrons. The number of nitrogens with zero attached hydrogens (tertiary/aromatic N) is 1. The number of hydrogen-bond acceptors (Lipinski definition) is 4. The van der Waals surface area contributed by atoms with Crippen molar-refractivity contribution in [1.29, 1.82) is 0 Å². The molecule has 2 aromatic rings. The Morgan fingerprint density at radius 2 is 2.19 bits per heavy atom. The lowest BCUT2D eigenvalue weighted by Crippen LogP contribution is -2.20. The van der Waals surface area contributed by atoms with Gasteiger partial charge >= 0.3 is 0 Å². The molecule has 1 aromatic heterocycles. The fraction of sp³-hybridized carbons (Fsp3) is 0.200. The predicted octanol–water partition coefficient (Wildman–Crippen LogP) is 2.58. The van der Waals surface area contributed by atoms with Crippen LogP contribution in [0.1, 0.15) is 5.56 Å². The van der Waals surface area contributed by atoms with Gasteiger partial charge in [-0.2, -0.15) is 0 Å². The number of carbonyl (C=O) groups is 1. The normalized spacial score (nSPS) is 10.2. The van der Waals surface area contributed by atoms with E-state index >= 15 is 0 Å². The summed E-state index contributed by atoms with van der Waals surface area (Å²) in [6.45, 7) is 0.701. The molecule has 2 rings (SSSR count). The number of aromatic nitrogens is 1. The van der Waals surface area contributed by atoms with Crippen LogP contribution in [-0.4, -0.2) is 24.5 Å². The second-order valence-corrected chi connectivity index (χ2v) is 5.29. The van der Waals surface area contributed by atoms with Crippen LogP contribution in [0.25, 0.3) is 0 Å². The first kappa shape index (κ1) is 15.5. The van der Waals surface area contributed by atoms with Gasteiger partial charge in [0.25, 0.3) is 5.91 Å². The minimum Gasteiger partial charge on any atom is -0.484 e. The molecule has 0 aliphatic rings. The number of carbonyl (C=O) groups excluding carboxylic acids is 1. The zero-order valence-electron chi connectivity index (χ0n) is 11.6. The first-order valence-corrected chi connectivity index (χ1v) is 7.24. The summed E-state index contributed by atoms with van der Waals surface area (Å²) < 4.78 is 6.33. The van der Waals surface area contributed by atoms with Crippen molar-refractivity contribution >= 4 is 27.7 Å². The Hall–Kier alpha value is -1.92. The zero-order valence-corrected chi connectivity index (χ0v) is 13.2. The standard InChI is InChI=1S/C15H16BrN3O2/c1-17-8-11-3-2-4-13(7-11)21-10-15(20)19-14-6-5-12(16)9-18-14/h2-7,9,17H,8,10H2,1H3,(H,18,19,20). The lowest BCUT2D eigenvalue weighted by Gasteiger charge is -2.08. The van der Waals surface area contributed by atoms with Gasteiger partial charge in [0.2, 0.25) is 0 Å². The molecule has 0 aliphatic carbocycles. The molecule has 0 atom stereocenters. The van der Waals surface area contributed by atoms with E-state index in [4.69, 9.17) is 4.74 Å². The molecular weight excluding hydrogens is 334 g/mol. The van der Waals surface area contributed by atoms with Crippen LogP contribution in [0.4, 0.5) is 5.82 Å². The van der Waals surface area contributed by atoms with Gasteiger partial charge in [0.1, 0.15) is 11.6 Å². The molecule has 1 aromatic carbocycles. The fourth-order valence-electron chi connectivity index (χ4n) is 1.73. The second kappa shape index (κ2) is 7.75. The van der Waals surface area contributed by atoms with Crippen molar-refractivity contribution < 1.29 is 9.53 Å². The van der Waals surface area contributed by atoms with Crippen LogP contribution in [0.15, 0.2) is 47.1 Å². The Kier molecular flexibility index (Phi) is 5.71. The number of halogens is 1. The maximum Gasteiger partial charge on any atom is 0.263 e. The molecule has 0 spiro atoms. The first-order chi connectivity index (χ1) is 10.2. The average molecular weight is 350 g/mol. The van der Waals surface area contributed by atoms with Gasteiger partial charge in [-0.25, -0.2) is 4.98 Å². The van der Waals surface area contributed by atoms with Gasteiger partial charge < -0.3 is 15.4 Å². The number of rotatable bonds is 6. The highest BCUT2D eigenvalue weighted by molar-refractivity contribution is 9.10. The first-order valence-electron chi connectivity index (χ1n) is 6.45. The van der Waals surface area contributed by atoms with Gasteiger partial charge in [0, 0.05) is 17.2 Å². The lowest BCUT2D eigenvalue weighted by atomic mass is 10.2. The van der Waals surface area contributed by atoms with Crippen molar-refractivity contribution in [2.24, 2.45) is 0 Å². The van der Waals surface area contributed by atoms with Gasteiger partial charge in [-0.3, -0.25) is 4.79 Å². The highest BCUT2D eigenvalue weighted by atomic mass is 79.9. The second-order valence-electron chi connectivity index (χ2n) is 4.38. The van der Waals surface area contributed by atoms with Crippen molar-refractivity contribution in [2.45, 2.75) is 6.54 Å². The van der Waals surface area contributed by atoms with Crippen molar-refractivity contribution in [2.75, 3.05) is 19.0 Å². The quantitative estimate of drug-likeness (QED) is 0.841. The highest BCUT2D eigenvalue weighted by Gasteiger charge is 2.05. The molecule has 110 valence electrons. The smallest absolute Gasteiger partial charge is 0.263 e. The van der Waals surface area contributed by atoms with Crippen LogP contribution in [-0.2, 0) is 11.3 Å². The molecule has 0 saturated carbocycles. The SMILES string of the molecule is CNCc1cccc(OCC(=O)Nc2ccc(Br)cn2)c1. The van der Waals surface area contributed by atoms with E-state index in [9.17, 15) is 4.79 Å². The molecule has 0 unspecified atom stereocenters. The van der Waals surface area contributed by atoms with Crippen LogP contribution < -0.4 is 15.4 Å². The van der Waals surface area contributed by atoms with Crippen molar-refractivity contribution in [3.63, 3.8) is 0 Å². The summed E-state index contributed by atoms with van der Waals surface area (Å²) in [5, 5.41) is 5.74. The lowest BCUT2D eigenvalue weighted by molar-refractivity contribution is -0.118. The summed E-state index contributed by atoms with van der Waals surface area (Å²) >= 11 is 3.29. The van der Waals surface area contributed by atoms with Gasteiger partial charge in [0.15, 0.2) is 6.61 Å². The minimum atomic E-state index is -0.246. The van der Waals surface area contributed by atoms with E-state index in [-0.39, 0.29) is 12.5 Å². The van der Waals surface area contributed by atoms with Crippen molar-refractivity contribution in [3.05, 3.63) is 52.6 Å². The summed E-state index contributed by atoms with van der Waals surface area (Å²) in [7, 11) is 1.88. The third-order valence-electron chi connectivity index (χ3n) is 2.64. The predicted molar refractivity (Wildman–Crippen MR) is 85.3 cm³/mol.